The number of rotatable bonds is 7. The molecule has 2 aromatic heterocycles. The van der Waals surface area contributed by atoms with Crippen LogP contribution in [0.15, 0.2) is 35.1 Å². The van der Waals surface area contributed by atoms with Gasteiger partial charge in [0.2, 0.25) is 4.96 Å². The first-order valence-electron chi connectivity index (χ1n) is 9.27. The number of hydrogen-bond donors (Lipinski definition) is 0. The van der Waals surface area contributed by atoms with Gasteiger partial charge in [-0.3, -0.25) is 4.79 Å². The maximum absolute atomic E-state index is 12.5. The molecule has 5 nitrogen and oxygen atoms in total. The summed E-state index contributed by atoms with van der Waals surface area (Å²) in [6.07, 6.45) is 2.05. The largest absolute Gasteiger partial charge is 0.366 e. The van der Waals surface area contributed by atoms with Crippen molar-refractivity contribution in [2.45, 2.75) is 53.0 Å². The molecule has 0 aliphatic heterocycles. The molecule has 0 N–H and O–H groups in total. The van der Waals surface area contributed by atoms with E-state index in [1.165, 1.54) is 21.4 Å². The Hall–Kier alpha value is -2.21. The van der Waals surface area contributed by atoms with Crippen LogP contribution in [0.25, 0.3) is 4.96 Å². The first-order valence-corrected chi connectivity index (χ1v) is 10.1. The van der Waals surface area contributed by atoms with E-state index in [1.807, 2.05) is 0 Å². The topological polar surface area (TPSA) is 50.5 Å². The second-order valence-electron chi connectivity index (χ2n) is 6.59. The van der Waals surface area contributed by atoms with Crippen LogP contribution >= 0.6 is 11.3 Å². The minimum absolute atomic E-state index is 0.0984. The molecule has 0 bridgehead atoms. The van der Waals surface area contributed by atoms with Crippen molar-refractivity contribution < 1.29 is 0 Å². The van der Waals surface area contributed by atoms with E-state index in [9.17, 15) is 4.79 Å². The Morgan fingerprint density at radius 1 is 1.19 bits per heavy atom. The summed E-state index contributed by atoms with van der Waals surface area (Å²) in [5.74, 6) is 0.393. The van der Waals surface area contributed by atoms with Gasteiger partial charge in [-0.05, 0) is 44.4 Å². The normalized spacial score (nSPS) is 11.4. The van der Waals surface area contributed by atoms with Crippen LogP contribution in [0.4, 0.5) is 5.69 Å². The first kappa shape index (κ1) is 18.6. The van der Waals surface area contributed by atoms with Gasteiger partial charge in [0.15, 0.2) is 0 Å². The molecule has 0 unspecified atom stereocenters. The van der Waals surface area contributed by atoms with Crippen LogP contribution in [0.2, 0.25) is 0 Å². The predicted octanol–water partition coefficient (Wildman–Crippen LogP) is 4.39. The summed E-state index contributed by atoms with van der Waals surface area (Å²) in [7, 11) is 0. The quantitative estimate of drug-likeness (QED) is 0.619. The van der Waals surface area contributed by atoms with Gasteiger partial charge in [0.25, 0.3) is 5.56 Å². The van der Waals surface area contributed by atoms with E-state index in [2.05, 4.69) is 62.0 Å². The minimum Gasteiger partial charge on any atom is -0.366 e. The Morgan fingerprint density at radius 3 is 2.62 bits per heavy atom. The first-order chi connectivity index (χ1) is 12.5. The number of hydrogen-bond acceptors (Lipinski definition) is 5. The number of fused-ring (bicyclic) bond motifs is 1. The third kappa shape index (κ3) is 3.80. The number of benzene rings is 1. The SMILES string of the molecule is CCC(CC)c1nn2c(=O)cc(CN(CC)c3cccc(C)c3)nc2s1. The van der Waals surface area contributed by atoms with Gasteiger partial charge in [-0.15, -0.1) is 0 Å². The van der Waals surface area contributed by atoms with Crippen LogP contribution in [0.1, 0.15) is 55.8 Å². The fraction of sp³-hybridized carbons (Fsp3) is 0.450. The predicted molar refractivity (Wildman–Crippen MR) is 108 cm³/mol. The zero-order valence-electron chi connectivity index (χ0n) is 15.9. The molecule has 0 aliphatic rings. The summed E-state index contributed by atoms with van der Waals surface area (Å²) in [6.45, 7) is 9.98. The number of aromatic nitrogens is 3. The molecule has 138 valence electrons. The molecule has 0 fully saturated rings. The van der Waals surface area contributed by atoms with Crippen molar-refractivity contribution >= 4 is 22.0 Å². The standard InChI is InChI=1S/C20H26N4OS/c1-5-15(6-2)19-22-24-18(25)12-16(21-20(24)26-19)13-23(7-3)17-10-8-9-14(4)11-17/h8-12,15H,5-7,13H2,1-4H3. The van der Waals surface area contributed by atoms with Gasteiger partial charge in [-0.1, -0.05) is 37.3 Å². The molecule has 0 saturated heterocycles. The highest BCUT2D eigenvalue weighted by Gasteiger charge is 2.16. The second-order valence-corrected chi connectivity index (χ2v) is 7.57. The summed E-state index contributed by atoms with van der Waals surface area (Å²) < 4.78 is 1.45. The van der Waals surface area contributed by atoms with Crippen molar-refractivity contribution in [2.75, 3.05) is 11.4 Å². The number of nitrogens with zero attached hydrogens (tertiary/aromatic N) is 4. The van der Waals surface area contributed by atoms with Crippen molar-refractivity contribution in [3.63, 3.8) is 0 Å². The molecule has 0 radical (unpaired) electrons. The van der Waals surface area contributed by atoms with Crippen LogP contribution in [0, 0.1) is 6.92 Å². The van der Waals surface area contributed by atoms with Gasteiger partial charge in [0, 0.05) is 24.2 Å². The highest BCUT2D eigenvalue weighted by molar-refractivity contribution is 7.16. The highest BCUT2D eigenvalue weighted by atomic mass is 32.1. The van der Waals surface area contributed by atoms with Crippen molar-refractivity contribution in [1.82, 2.24) is 14.6 Å². The van der Waals surface area contributed by atoms with E-state index in [-0.39, 0.29) is 5.56 Å². The molecule has 0 aliphatic carbocycles. The summed E-state index contributed by atoms with van der Waals surface area (Å²) in [5.41, 5.74) is 3.06. The molecule has 26 heavy (non-hydrogen) atoms. The summed E-state index contributed by atoms with van der Waals surface area (Å²) >= 11 is 1.54. The molecule has 6 heteroatoms. The monoisotopic (exact) mass is 370 g/mol. The number of aryl methyl sites for hydroxylation is 1. The zero-order valence-corrected chi connectivity index (χ0v) is 16.7. The van der Waals surface area contributed by atoms with Gasteiger partial charge < -0.3 is 4.90 Å². The molecule has 0 atom stereocenters. The zero-order chi connectivity index (χ0) is 18.7. The molecule has 2 heterocycles. The van der Waals surface area contributed by atoms with E-state index in [1.54, 1.807) is 6.07 Å². The molecule has 1 aromatic carbocycles. The van der Waals surface area contributed by atoms with Crippen LogP contribution in [-0.2, 0) is 6.54 Å². The lowest BCUT2D eigenvalue weighted by Gasteiger charge is -2.23. The maximum atomic E-state index is 12.5. The van der Waals surface area contributed by atoms with Crippen LogP contribution in [0.3, 0.4) is 0 Å². The van der Waals surface area contributed by atoms with E-state index in [0.717, 1.165) is 35.8 Å². The average Bonchev–Trinajstić information content (AvgIpc) is 3.05. The van der Waals surface area contributed by atoms with Gasteiger partial charge >= 0.3 is 0 Å². The Labute approximate surface area is 158 Å². The lowest BCUT2D eigenvalue weighted by molar-refractivity contribution is 0.623. The minimum atomic E-state index is -0.0984. The Kier molecular flexibility index (Phi) is 5.71. The van der Waals surface area contributed by atoms with Gasteiger partial charge in [-0.25, -0.2) is 4.98 Å². The molecular formula is C20H26N4OS. The van der Waals surface area contributed by atoms with E-state index < -0.39 is 0 Å². The molecule has 3 aromatic rings. The Bertz CT molecular complexity index is 942. The fourth-order valence-electron chi connectivity index (χ4n) is 3.16. The third-order valence-electron chi connectivity index (χ3n) is 4.75. The highest BCUT2D eigenvalue weighted by Crippen LogP contribution is 2.26. The van der Waals surface area contributed by atoms with Crippen molar-refractivity contribution in [3.05, 3.63) is 57.0 Å². The van der Waals surface area contributed by atoms with Crippen molar-refractivity contribution in [3.8, 4) is 0 Å². The van der Waals surface area contributed by atoms with Gasteiger partial charge in [0.05, 0.1) is 12.2 Å². The van der Waals surface area contributed by atoms with Gasteiger partial charge in [-0.2, -0.15) is 9.61 Å². The fourth-order valence-corrected chi connectivity index (χ4v) is 4.35. The smallest absolute Gasteiger partial charge is 0.275 e. The molecule has 0 amide bonds. The Morgan fingerprint density at radius 2 is 1.96 bits per heavy atom. The third-order valence-corrected chi connectivity index (χ3v) is 5.82. The van der Waals surface area contributed by atoms with E-state index >= 15 is 0 Å². The summed E-state index contributed by atoms with van der Waals surface area (Å²) in [5, 5.41) is 5.51. The molecular weight excluding hydrogens is 344 g/mol. The second kappa shape index (κ2) is 7.99. The average molecular weight is 371 g/mol. The maximum Gasteiger partial charge on any atom is 0.275 e. The van der Waals surface area contributed by atoms with Crippen molar-refractivity contribution in [2.24, 2.45) is 0 Å². The summed E-state index contributed by atoms with van der Waals surface area (Å²) in [6, 6.07) is 10.0. The molecule has 3 rings (SSSR count). The summed E-state index contributed by atoms with van der Waals surface area (Å²) in [4.78, 5) is 20.2. The van der Waals surface area contributed by atoms with Crippen LogP contribution in [0.5, 0.6) is 0 Å². The van der Waals surface area contributed by atoms with Crippen molar-refractivity contribution in [1.29, 1.82) is 0 Å². The van der Waals surface area contributed by atoms with E-state index in [0.29, 0.717) is 17.4 Å². The molecule has 0 spiro atoms. The van der Waals surface area contributed by atoms with E-state index in [4.69, 9.17) is 4.98 Å². The lowest BCUT2D eigenvalue weighted by Crippen LogP contribution is -2.25. The van der Waals surface area contributed by atoms with Crippen LogP contribution < -0.4 is 10.5 Å². The van der Waals surface area contributed by atoms with Crippen LogP contribution in [-0.4, -0.2) is 21.1 Å². The Balaban J connectivity index is 1.93. The molecule has 0 saturated carbocycles. The lowest BCUT2D eigenvalue weighted by atomic mass is 10.1. The van der Waals surface area contributed by atoms with Gasteiger partial charge in [0.1, 0.15) is 5.01 Å². The number of anilines is 1.